The second kappa shape index (κ2) is 22.6. The summed E-state index contributed by atoms with van der Waals surface area (Å²) in [6.07, 6.45) is 9.45. The summed E-state index contributed by atoms with van der Waals surface area (Å²) in [6, 6.07) is 0. The molecule has 2 N–H and O–H groups in total. The van der Waals surface area contributed by atoms with Crippen LogP contribution in [0.5, 0.6) is 0 Å². The van der Waals surface area contributed by atoms with Crippen molar-refractivity contribution in [3.8, 4) is 0 Å². The van der Waals surface area contributed by atoms with E-state index in [2.05, 4.69) is 25.0 Å². The fourth-order valence-corrected chi connectivity index (χ4v) is 2.21. The van der Waals surface area contributed by atoms with Gasteiger partial charge < -0.3 is 10.6 Å². The van der Waals surface area contributed by atoms with Crippen molar-refractivity contribution in [3.63, 3.8) is 0 Å². The first-order valence-corrected chi connectivity index (χ1v) is 10.0. The van der Waals surface area contributed by atoms with Crippen molar-refractivity contribution in [3.05, 3.63) is 60.5 Å². The predicted octanol–water partition coefficient (Wildman–Crippen LogP) is 7.22. The van der Waals surface area contributed by atoms with Crippen LogP contribution in [0.25, 0.3) is 0 Å². The van der Waals surface area contributed by atoms with Crippen LogP contribution in [-0.4, -0.2) is 30.6 Å². The quantitative estimate of drug-likeness (QED) is 0.354. The Bertz CT molecular complexity index is 443. The molecule has 0 amide bonds. The molecule has 0 aromatic heterocycles. The number of nitrogens with zero attached hydrogens (tertiary/aromatic N) is 1. The van der Waals surface area contributed by atoms with E-state index >= 15 is 0 Å². The van der Waals surface area contributed by atoms with Gasteiger partial charge in [-0.25, -0.2) is 4.39 Å². The first kappa shape index (κ1) is 33.2. The molecule has 1 atom stereocenters. The highest BCUT2D eigenvalue weighted by molar-refractivity contribution is 5.34. The third-order valence-corrected chi connectivity index (χ3v) is 3.35. The number of allylic oxidation sites excluding steroid dienone is 5. The molecule has 0 bridgehead atoms. The van der Waals surface area contributed by atoms with Crippen molar-refractivity contribution in [1.29, 1.82) is 0 Å². The molecule has 0 aliphatic rings. The molecule has 0 aromatic carbocycles. The van der Waals surface area contributed by atoms with Crippen molar-refractivity contribution >= 4 is 0 Å². The Morgan fingerprint density at radius 1 is 1.07 bits per heavy atom. The zero-order chi connectivity index (χ0) is 22.5. The average molecular weight is 383 g/mol. The van der Waals surface area contributed by atoms with Gasteiger partial charge in [0.1, 0.15) is 5.83 Å². The van der Waals surface area contributed by atoms with Crippen LogP contribution in [0.4, 0.5) is 4.39 Å². The lowest BCUT2D eigenvalue weighted by Crippen LogP contribution is -2.42. The highest BCUT2D eigenvalue weighted by Gasteiger charge is 2.26. The van der Waals surface area contributed by atoms with Crippen LogP contribution < -0.4 is 5.73 Å². The zero-order valence-electron chi connectivity index (χ0n) is 19.8. The first-order chi connectivity index (χ1) is 12.7. The fourth-order valence-electron chi connectivity index (χ4n) is 2.21. The Kier molecular flexibility index (Phi) is 27.7. The van der Waals surface area contributed by atoms with Gasteiger partial charge in [-0.2, -0.15) is 0 Å². The summed E-state index contributed by atoms with van der Waals surface area (Å²) in [6.45, 7) is 26.1. The second-order valence-corrected chi connectivity index (χ2v) is 5.90. The van der Waals surface area contributed by atoms with E-state index in [4.69, 9.17) is 5.73 Å². The van der Waals surface area contributed by atoms with E-state index < -0.39 is 5.54 Å². The summed E-state index contributed by atoms with van der Waals surface area (Å²) in [4.78, 5) is 2.18. The Balaban J connectivity index is -0.000000331. The molecule has 0 aromatic rings. The minimum atomic E-state index is -0.657. The molecule has 0 rings (SSSR count). The van der Waals surface area contributed by atoms with E-state index in [9.17, 15) is 4.39 Å². The number of likely N-dealkylation sites (N-methyl/N-ethyl adjacent to an activating group) is 1. The van der Waals surface area contributed by atoms with E-state index in [-0.39, 0.29) is 5.83 Å². The maximum Gasteiger partial charge on any atom is 0.123 e. The topological polar surface area (TPSA) is 29.3 Å². The molecule has 2 nitrogen and oxygen atoms in total. The van der Waals surface area contributed by atoms with E-state index in [1.54, 1.807) is 25.2 Å². The van der Waals surface area contributed by atoms with Crippen molar-refractivity contribution in [2.45, 2.75) is 74.3 Å². The molecule has 0 fully saturated rings. The van der Waals surface area contributed by atoms with Crippen molar-refractivity contribution < 1.29 is 4.39 Å². The van der Waals surface area contributed by atoms with Gasteiger partial charge >= 0.3 is 0 Å². The molecule has 0 saturated carbocycles. The van der Waals surface area contributed by atoms with Crippen molar-refractivity contribution in [1.82, 2.24) is 4.90 Å². The van der Waals surface area contributed by atoms with Crippen molar-refractivity contribution in [2.24, 2.45) is 5.73 Å². The summed E-state index contributed by atoms with van der Waals surface area (Å²) < 4.78 is 13.8. The lowest BCUT2D eigenvalue weighted by molar-refractivity contribution is 0.319. The van der Waals surface area contributed by atoms with Gasteiger partial charge in [0, 0.05) is 24.2 Å². The van der Waals surface area contributed by atoms with Crippen LogP contribution in [-0.2, 0) is 0 Å². The van der Waals surface area contributed by atoms with E-state index in [1.807, 2.05) is 61.6 Å². The van der Waals surface area contributed by atoms with Crippen LogP contribution in [0.3, 0.4) is 0 Å². The van der Waals surface area contributed by atoms with Gasteiger partial charge in [0.2, 0.25) is 0 Å². The summed E-state index contributed by atoms with van der Waals surface area (Å²) in [7, 11) is 2.04. The maximum absolute atomic E-state index is 13.8. The molecule has 0 radical (unpaired) electrons. The Labute approximate surface area is 170 Å². The van der Waals surface area contributed by atoms with E-state index in [0.29, 0.717) is 12.0 Å². The largest absolute Gasteiger partial charge is 0.322 e. The summed E-state index contributed by atoms with van der Waals surface area (Å²) in [5, 5.41) is 0. The molecule has 3 heteroatoms. The number of rotatable bonds is 8. The SMILES string of the molecule is C=C/C=C(\C)CN(C)CCC(C)(N)C(=C/C)/C(F)=C\C.C=CC.CC.CC. The van der Waals surface area contributed by atoms with Crippen molar-refractivity contribution in [2.75, 3.05) is 20.1 Å². The molecule has 27 heavy (non-hydrogen) atoms. The van der Waals surface area contributed by atoms with E-state index in [0.717, 1.165) is 13.1 Å². The molecule has 0 heterocycles. The molecule has 160 valence electrons. The first-order valence-electron chi connectivity index (χ1n) is 10.0. The minimum Gasteiger partial charge on any atom is -0.322 e. The van der Waals surface area contributed by atoms with Gasteiger partial charge in [-0.1, -0.05) is 70.2 Å². The Morgan fingerprint density at radius 2 is 1.52 bits per heavy atom. The highest BCUT2D eigenvalue weighted by atomic mass is 19.1. The van der Waals surface area contributed by atoms with Gasteiger partial charge in [-0.15, -0.1) is 6.58 Å². The van der Waals surface area contributed by atoms with Gasteiger partial charge in [-0.3, -0.25) is 0 Å². The Morgan fingerprint density at radius 3 is 1.85 bits per heavy atom. The van der Waals surface area contributed by atoms with Gasteiger partial charge in [0.15, 0.2) is 0 Å². The summed E-state index contributed by atoms with van der Waals surface area (Å²) in [5.41, 5.74) is 7.44. The van der Waals surface area contributed by atoms with Gasteiger partial charge in [-0.05, 0) is 48.1 Å². The third kappa shape index (κ3) is 19.1. The maximum atomic E-state index is 13.8. The third-order valence-electron chi connectivity index (χ3n) is 3.35. The van der Waals surface area contributed by atoms with Crippen LogP contribution in [0.1, 0.15) is 68.7 Å². The highest BCUT2D eigenvalue weighted by Crippen LogP contribution is 2.26. The molecule has 0 aliphatic heterocycles. The normalized spacial score (nSPS) is 13.7. The van der Waals surface area contributed by atoms with Crippen LogP contribution in [0.15, 0.2) is 60.5 Å². The molecule has 0 spiro atoms. The fraction of sp³-hybridized carbons (Fsp3) is 0.583. The standard InChI is InChI=1S/C17H29FN2.C3H6.2C2H6/c1-7-10-14(4)13-20(6)12-11-17(5,19)15(8-2)16(18)9-3;1-3-2;2*1-2/h7-10H,1,11-13,19H2,2-6H3;3H,1H2,2H3;2*1-2H3/b14-10+,15-8+,16-9+;;;. The number of hydrogen-bond acceptors (Lipinski definition) is 2. The zero-order valence-corrected chi connectivity index (χ0v) is 19.8. The molecular weight excluding hydrogens is 335 g/mol. The second-order valence-electron chi connectivity index (χ2n) is 5.90. The minimum absolute atomic E-state index is 0.233. The van der Waals surface area contributed by atoms with Crippen LogP contribution in [0.2, 0.25) is 0 Å². The number of nitrogens with two attached hydrogens (primary N) is 1. The number of halogens is 1. The lowest BCUT2D eigenvalue weighted by Gasteiger charge is -2.29. The molecule has 1 unspecified atom stereocenters. The Hall–Kier alpha value is -1.45. The number of hydrogen-bond donors (Lipinski definition) is 1. The monoisotopic (exact) mass is 382 g/mol. The lowest BCUT2D eigenvalue weighted by atomic mass is 9.88. The molecule has 0 saturated heterocycles. The van der Waals surface area contributed by atoms with E-state index in [1.165, 1.54) is 11.6 Å². The molecular formula is C24H47FN2. The predicted molar refractivity (Wildman–Crippen MR) is 126 cm³/mol. The molecule has 0 aliphatic carbocycles. The van der Waals surface area contributed by atoms with Crippen LogP contribution >= 0.6 is 0 Å². The summed E-state index contributed by atoms with van der Waals surface area (Å²) >= 11 is 0. The average Bonchev–Trinajstić information content (AvgIpc) is 2.64. The smallest absolute Gasteiger partial charge is 0.123 e. The van der Waals surface area contributed by atoms with Crippen LogP contribution in [0, 0.1) is 0 Å². The van der Waals surface area contributed by atoms with Gasteiger partial charge in [0.25, 0.3) is 0 Å². The summed E-state index contributed by atoms with van der Waals surface area (Å²) in [5.74, 6) is -0.233. The van der Waals surface area contributed by atoms with Gasteiger partial charge in [0.05, 0.1) is 0 Å².